The van der Waals surface area contributed by atoms with Crippen molar-refractivity contribution in [1.82, 2.24) is 4.90 Å². The van der Waals surface area contributed by atoms with Gasteiger partial charge >= 0.3 is 0 Å². The number of halogens is 2. The number of nitrogens with zero attached hydrogens (tertiary/aromatic N) is 1. The van der Waals surface area contributed by atoms with Crippen LogP contribution in [0, 0.1) is 5.82 Å². The number of primary amides is 1. The molecule has 31 heavy (non-hydrogen) atoms. The van der Waals surface area contributed by atoms with E-state index in [1.54, 1.807) is 35.2 Å². The fraction of sp³-hybridized carbons (Fsp3) is 0.364. The highest BCUT2D eigenvalue weighted by Crippen LogP contribution is 2.25. The molecule has 1 fully saturated rings. The Morgan fingerprint density at radius 3 is 2.65 bits per heavy atom. The Labute approximate surface area is 184 Å². The SMILES string of the molecule is NC(=O)C[C@]1(COc2ccc(Cl)cc2)CN(C(=O)CCOc2cccc(F)c2)CCO1. The minimum atomic E-state index is -1.05. The van der Waals surface area contributed by atoms with Crippen LogP contribution in [-0.4, -0.2) is 55.2 Å². The Morgan fingerprint density at radius 2 is 1.94 bits per heavy atom. The maximum absolute atomic E-state index is 13.2. The van der Waals surface area contributed by atoms with Crippen LogP contribution >= 0.6 is 11.6 Å². The minimum absolute atomic E-state index is 0.0428. The highest BCUT2D eigenvalue weighted by Gasteiger charge is 2.40. The van der Waals surface area contributed by atoms with Crippen molar-refractivity contribution in [2.24, 2.45) is 5.73 Å². The van der Waals surface area contributed by atoms with E-state index in [2.05, 4.69) is 0 Å². The number of ether oxygens (including phenoxy) is 3. The summed E-state index contributed by atoms with van der Waals surface area (Å²) in [6, 6.07) is 12.5. The maximum atomic E-state index is 13.2. The van der Waals surface area contributed by atoms with E-state index in [9.17, 15) is 14.0 Å². The number of nitrogens with two attached hydrogens (primary N) is 1. The van der Waals surface area contributed by atoms with Gasteiger partial charge in [-0.2, -0.15) is 0 Å². The van der Waals surface area contributed by atoms with Gasteiger partial charge in [0.2, 0.25) is 11.8 Å². The number of amides is 2. The predicted octanol–water partition coefficient (Wildman–Crippen LogP) is 2.80. The summed E-state index contributed by atoms with van der Waals surface area (Å²) >= 11 is 5.88. The van der Waals surface area contributed by atoms with Gasteiger partial charge < -0.3 is 24.8 Å². The van der Waals surface area contributed by atoms with Crippen molar-refractivity contribution in [1.29, 1.82) is 0 Å². The largest absolute Gasteiger partial charge is 0.493 e. The first-order valence-corrected chi connectivity index (χ1v) is 10.2. The smallest absolute Gasteiger partial charge is 0.226 e. The number of carbonyl (C=O) groups excluding carboxylic acids is 2. The van der Waals surface area contributed by atoms with E-state index in [4.69, 9.17) is 31.5 Å². The maximum Gasteiger partial charge on any atom is 0.226 e. The van der Waals surface area contributed by atoms with Crippen molar-refractivity contribution in [3.63, 3.8) is 0 Å². The molecule has 0 unspecified atom stereocenters. The van der Waals surface area contributed by atoms with Crippen molar-refractivity contribution < 1.29 is 28.2 Å². The van der Waals surface area contributed by atoms with Crippen LogP contribution in [0.15, 0.2) is 48.5 Å². The van der Waals surface area contributed by atoms with Gasteiger partial charge in [0.15, 0.2) is 0 Å². The average molecular weight is 451 g/mol. The van der Waals surface area contributed by atoms with Crippen molar-refractivity contribution in [2.75, 3.05) is 32.9 Å². The lowest BCUT2D eigenvalue weighted by Gasteiger charge is -2.42. The van der Waals surface area contributed by atoms with E-state index in [-0.39, 0.29) is 45.1 Å². The Bertz CT molecular complexity index is 911. The van der Waals surface area contributed by atoms with Gasteiger partial charge in [-0.05, 0) is 36.4 Å². The molecule has 0 spiro atoms. The summed E-state index contributed by atoms with van der Waals surface area (Å²) in [5.74, 6) is -0.213. The summed E-state index contributed by atoms with van der Waals surface area (Å²) in [4.78, 5) is 26.0. The molecule has 1 atom stereocenters. The second-order valence-corrected chi connectivity index (χ2v) is 7.72. The first kappa shape index (κ1) is 22.8. The zero-order chi connectivity index (χ0) is 22.3. The van der Waals surface area contributed by atoms with Gasteiger partial charge in [0, 0.05) is 17.6 Å². The van der Waals surface area contributed by atoms with E-state index in [0.29, 0.717) is 23.1 Å². The molecule has 1 aliphatic rings. The number of hydrogen-bond acceptors (Lipinski definition) is 5. The number of morpholine rings is 1. The predicted molar refractivity (Wildman–Crippen MR) is 113 cm³/mol. The lowest BCUT2D eigenvalue weighted by Crippen LogP contribution is -2.58. The third-order valence-electron chi connectivity index (χ3n) is 4.79. The molecule has 166 valence electrons. The molecule has 2 aromatic rings. The molecule has 0 aliphatic carbocycles. The molecule has 3 rings (SSSR count). The molecular formula is C22H24ClFN2O5. The highest BCUT2D eigenvalue weighted by atomic mass is 35.5. The lowest BCUT2D eigenvalue weighted by atomic mass is 9.97. The molecular weight excluding hydrogens is 427 g/mol. The van der Waals surface area contributed by atoms with Gasteiger partial charge in [-0.15, -0.1) is 0 Å². The van der Waals surface area contributed by atoms with Crippen LogP contribution in [0.3, 0.4) is 0 Å². The molecule has 0 bridgehead atoms. The molecule has 2 N–H and O–H groups in total. The molecule has 2 amide bonds. The molecule has 1 heterocycles. The van der Waals surface area contributed by atoms with Gasteiger partial charge in [0.1, 0.15) is 29.5 Å². The van der Waals surface area contributed by atoms with Crippen molar-refractivity contribution >= 4 is 23.4 Å². The highest BCUT2D eigenvalue weighted by molar-refractivity contribution is 6.30. The molecule has 0 aromatic heterocycles. The van der Waals surface area contributed by atoms with Crippen molar-refractivity contribution in [3.8, 4) is 11.5 Å². The second-order valence-electron chi connectivity index (χ2n) is 7.29. The molecule has 2 aromatic carbocycles. The summed E-state index contributed by atoms with van der Waals surface area (Å²) in [7, 11) is 0. The number of hydrogen-bond donors (Lipinski definition) is 1. The number of benzene rings is 2. The number of carbonyl (C=O) groups is 2. The summed E-state index contributed by atoms with van der Waals surface area (Å²) < 4.78 is 30.3. The number of rotatable bonds is 9. The van der Waals surface area contributed by atoms with Crippen LogP contribution in [0.2, 0.25) is 5.02 Å². The Balaban J connectivity index is 1.58. The summed E-state index contributed by atoms with van der Waals surface area (Å²) in [5.41, 5.74) is 4.38. The third-order valence-corrected chi connectivity index (χ3v) is 5.05. The minimum Gasteiger partial charge on any atom is -0.493 e. The van der Waals surface area contributed by atoms with Crippen molar-refractivity contribution in [2.45, 2.75) is 18.4 Å². The average Bonchev–Trinajstić information content (AvgIpc) is 2.73. The van der Waals surface area contributed by atoms with Crippen LogP contribution in [0.4, 0.5) is 4.39 Å². The van der Waals surface area contributed by atoms with Gasteiger partial charge in [0.05, 0.1) is 32.6 Å². The van der Waals surface area contributed by atoms with Crippen LogP contribution in [-0.2, 0) is 14.3 Å². The summed E-state index contributed by atoms with van der Waals surface area (Å²) in [5, 5.41) is 0.574. The molecule has 1 aliphatic heterocycles. The van der Waals surface area contributed by atoms with Crippen LogP contribution in [0.25, 0.3) is 0 Å². The standard InChI is InChI=1S/C22H24ClFN2O5/c23-16-4-6-18(7-5-16)30-15-22(13-20(25)27)14-26(9-11-31-22)21(28)8-10-29-19-3-1-2-17(24)12-19/h1-7,12H,8-11,13-15H2,(H2,25,27)/t22-/m1/s1. The quantitative estimate of drug-likeness (QED) is 0.634. The fourth-order valence-corrected chi connectivity index (χ4v) is 3.46. The topological polar surface area (TPSA) is 91.1 Å². The van der Waals surface area contributed by atoms with Crippen LogP contribution in [0.5, 0.6) is 11.5 Å². The van der Waals surface area contributed by atoms with Crippen LogP contribution < -0.4 is 15.2 Å². The van der Waals surface area contributed by atoms with E-state index in [1.165, 1.54) is 18.2 Å². The second kappa shape index (κ2) is 10.5. The molecule has 0 radical (unpaired) electrons. The Kier molecular flexibility index (Phi) is 7.70. The van der Waals surface area contributed by atoms with E-state index >= 15 is 0 Å². The lowest BCUT2D eigenvalue weighted by molar-refractivity contribution is -0.162. The first-order valence-electron chi connectivity index (χ1n) is 9.82. The zero-order valence-electron chi connectivity index (χ0n) is 16.9. The van der Waals surface area contributed by atoms with Gasteiger partial charge in [-0.3, -0.25) is 9.59 Å². The zero-order valence-corrected chi connectivity index (χ0v) is 17.6. The molecule has 1 saturated heterocycles. The monoisotopic (exact) mass is 450 g/mol. The van der Waals surface area contributed by atoms with Gasteiger partial charge in [-0.25, -0.2) is 4.39 Å². The van der Waals surface area contributed by atoms with E-state index < -0.39 is 17.3 Å². The van der Waals surface area contributed by atoms with E-state index in [1.807, 2.05) is 0 Å². The Hall–Kier alpha value is -2.84. The molecule has 9 heteroatoms. The normalized spacial score (nSPS) is 18.5. The molecule has 7 nitrogen and oxygen atoms in total. The van der Waals surface area contributed by atoms with E-state index in [0.717, 1.165) is 0 Å². The van der Waals surface area contributed by atoms with Crippen LogP contribution in [0.1, 0.15) is 12.8 Å². The summed E-state index contributed by atoms with van der Waals surface area (Å²) in [6.07, 6.45) is 0.00533. The fourth-order valence-electron chi connectivity index (χ4n) is 3.34. The van der Waals surface area contributed by atoms with Gasteiger partial charge in [0.25, 0.3) is 0 Å². The summed E-state index contributed by atoms with van der Waals surface area (Å²) in [6.45, 7) is 0.918. The third kappa shape index (κ3) is 6.83. The molecule has 0 saturated carbocycles. The van der Waals surface area contributed by atoms with Gasteiger partial charge in [-0.1, -0.05) is 17.7 Å². The first-order chi connectivity index (χ1) is 14.8. The van der Waals surface area contributed by atoms with Crippen molar-refractivity contribution in [3.05, 3.63) is 59.4 Å². The Morgan fingerprint density at radius 1 is 1.16 bits per heavy atom.